The number of ether oxygens (including phenoxy) is 2. The Bertz CT molecular complexity index is 459. The minimum absolute atomic E-state index is 0.0476. The molecule has 0 amide bonds. The van der Waals surface area contributed by atoms with Gasteiger partial charge in [0.1, 0.15) is 0 Å². The Morgan fingerprint density at radius 1 is 1.50 bits per heavy atom. The molecule has 1 rings (SSSR count). The molecule has 100 valence electrons. The van der Waals surface area contributed by atoms with Crippen LogP contribution in [0.4, 0.5) is 13.2 Å². The van der Waals surface area contributed by atoms with E-state index in [1.807, 2.05) is 0 Å². The summed E-state index contributed by atoms with van der Waals surface area (Å²) in [6, 6.07) is 1.27. The number of methoxy groups -OCH3 is 1. The topological polar surface area (TPSA) is 68.7 Å². The zero-order chi connectivity index (χ0) is 13.9. The monoisotopic (exact) mass is 265 g/mol. The fourth-order valence-electron chi connectivity index (χ4n) is 1.25. The van der Waals surface area contributed by atoms with Gasteiger partial charge in [-0.25, -0.2) is 4.98 Å². The predicted octanol–water partition coefficient (Wildman–Crippen LogP) is 1.71. The lowest BCUT2D eigenvalue weighted by Crippen LogP contribution is -2.18. The highest BCUT2D eigenvalue weighted by Gasteiger charge is 2.33. The number of esters is 1. The van der Waals surface area contributed by atoms with E-state index in [9.17, 15) is 23.1 Å². The number of pyridine rings is 1. The van der Waals surface area contributed by atoms with Crippen molar-refractivity contribution in [2.45, 2.75) is 19.7 Å². The Hall–Kier alpha value is -1.99. The van der Waals surface area contributed by atoms with Crippen molar-refractivity contribution in [3.63, 3.8) is 0 Å². The standard InChI is InChI=1S/C10H10F3NO4/c1-5-3-6(4-7(15)17-2)8(16)9(14-5)18-10(11,12)13/h3,16H,4H2,1-2H3. The molecule has 0 fully saturated rings. The molecule has 0 unspecified atom stereocenters. The van der Waals surface area contributed by atoms with Crippen LogP contribution >= 0.6 is 0 Å². The fourth-order valence-corrected chi connectivity index (χ4v) is 1.25. The number of carbonyl (C=O) groups is 1. The molecule has 18 heavy (non-hydrogen) atoms. The van der Waals surface area contributed by atoms with Crippen LogP contribution in [0.3, 0.4) is 0 Å². The van der Waals surface area contributed by atoms with Crippen LogP contribution in [-0.4, -0.2) is 29.5 Å². The first kappa shape index (κ1) is 14.1. The Kier molecular flexibility index (Phi) is 4.00. The molecule has 0 spiro atoms. The lowest BCUT2D eigenvalue weighted by Gasteiger charge is -2.12. The van der Waals surface area contributed by atoms with Gasteiger partial charge in [0.2, 0.25) is 0 Å². The van der Waals surface area contributed by atoms with Gasteiger partial charge in [0.15, 0.2) is 5.75 Å². The Labute approximate surface area is 100 Å². The van der Waals surface area contributed by atoms with E-state index in [0.717, 1.165) is 7.11 Å². The molecule has 0 aliphatic rings. The smallest absolute Gasteiger partial charge is 0.503 e. The SMILES string of the molecule is COC(=O)Cc1cc(C)nc(OC(F)(F)F)c1O. The van der Waals surface area contributed by atoms with Gasteiger partial charge in [0.05, 0.1) is 13.5 Å². The number of rotatable bonds is 3. The highest BCUT2D eigenvalue weighted by atomic mass is 19.4. The third-order valence-electron chi connectivity index (χ3n) is 1.94. The third-order valence-corrected chi connectivity index (χ3v) is 1.94. The molecule has 8 heteroatoms. The van der Waals surface area contributed by atoms with Crippen molar-refractivity contribution in [1.82, 2.24) is 4.98 Å². The molecule has 0 atom stereocenters. The largest absolute Gasteiger partial charge is 0.574 e. The van der Waals surface area contributed by atoms with E-state index in [1.165, 1.54) is 13.0 Å². The van der Waals surface area contributed by atoms with Crippen LogP contribution in [0, 0.1) is 6.92 Å². The molecule has 0 aliphatic carbocycles. The summed E-state index contributed by atoms with van der Waals surface area (Å²) in [5.74, 6) is -2.52. The van der Waals surface area contributed by atoms with Gasteiger partial charge < -0.3 is 14.6 Å². The van der Waals surface area contributed by atoms with Gasteiger partial charge in [-0.1, -0.05) is 0 Å². The molecule has 0 radical (unpaired) electrons. The molecule has 1 aromatic rings. The van der Waals surface area contributed by atoms with Crippen molar-refractivity contribution in [3.8, 4) is 11.6 Å². The van der Waals surface area contributed by atoms with E-state index in [4.69, 9.17) is 0 Å². The molecule has 5 nitrogen and oxygen atoms in total. The minimum atomic E-state index is -4.97. The lowest BCUT2D eigenvalue weighted by atomic mass is 10.1. The minimum Gasteiger partial charge on any atom is -0.503 e. The van der Waals surface area contributed by atoms with E-state index < -0.39 is 24.0 Å². The van der Waals surface area contributed by atoms with Gasteiger partial charge in [-0.2, -0.15) is 0 Å². The van der Waals surface area contributed by atoms with E-state index in [0.29, 0.717) is 0 Å². The van der Waals surface area contributed by atoms with Gasteiger partial charge >= 0.3 is 12.3 Å². The van der Waals surface area contributed by atoms with Gasteiger partial charge in [-0.3, -0.25) is 4.79 Å². The quantitative estimate of drug-likeness (QED) is 0.842. The summed E-state index contributed by atoms with van der Waals surface area (Å²) in [6.07, 6.45) is -5.35. The van der Waals surface area contributed by atoms with Crippen molar-refractivity contribution >= 4 is 5.97 Å². The van der Waals surface area contributed by atoms with E-state index >= 15 is 0 Å². The summed E-state index contributed by atoms with van der Waals surface area (Å²) in [4.78, 5) is 14.4. The van der Waals surface area contributed by atoms with Gasteiger partial charge in [0.25, 0.3) is 5.88 Å². The Balaban J connectivity index is 3.10. The second-order valence-corrected chi connectivity index (χ2v) is 3.38. The summed E-state index contributed by atoms with van der Waals surface area (Å²) in [5.41, 5.74) is 0.125. The number of nitrogens with zero attached hydrogens (tertiary/aromatic N) is 1. The van der Waals surface area contributed by atoms with Gasteiger partial charge in [0, 0.05) is 11.3 Å². The maximum absolute atomic E-state index is 12.0. The highest BCUT2D eigenvalue weighted by Crippen LogP contribution is 2.33. The molecular weight excluding hydrogens is 255 g/mol. The first-order valence-corrected chi connectivity index (χ1v) is 4.75. The average Bonchev–Trinajstić information content (AvgIpc) is 2.22. The van der Waals surface area contributed by atoms with Crippen LogP contribution in [0.1, 0.15) is 11.3 Å². The number of alkyl halides is 3. The van der Waals surface area contributed by atoms with Crippen LogP contribution in [0.15, 0.2) is 6.07 Å². The van der Waals surface area contributed by atoms with Crippen molar-refractivity contribution in [2.75, 3.05) is 7.11 Å². The summed E-state index contributed by atoms with van der Waals surface area (Å²) >= 11 is 0. The number of hydrogen-bond donors (Lipinski definition) is 1. The van der Waals surface area contributed by atoms with Crippen LogP contribution < -0.4 is 4.74 Å². The number of hydrogen-bond acceptors (Lipinski definition) is 5. The number of aryl methyl sites for hydroxylation is 1. The normalized spacial score (nSPS) is 11.2. The molecular formula is C10H10F3NO4. The van der Waals surface area contributed by atoms with Crippen LogP contribution in [0.25, 0.3) is 0 Å². The predicted molar refractivity (Wildman–Crippen MR) is 53.0 cm³/mol. The summed E-state index contributed by atoms with van der Waals surface area (Å²) in [7, 11) is 1.13. The maximum atomic E-state index is 12.0. The van der Waals surface area contributed by atoms with Crippen LogP contribution in [0.2, 0.25) is 0 Å². The molecule has 1 heterocycles. The van der Waals surface area contributed by atoms with Crippen LogP contribution in [-0.2, 0) is 16.0 Å². The lowest BCUT2D eigenvalue weighted by molar-refractivity contribution is -0.276. The number of aromatic hydroxyl groups is 1. The van der Waals surface area contributed by atoms with Crippen molar-refractivity contribution in [3.05, 3.63) is 17.3 Å². The first-order chi connectivity index (χ1) is 8.23. The second-order valence-electron chi connectivity index (χ2n) is 3.38. The second kappa shape index (κ2) is 5.11. The first-order valence-electron chi connectivity index (χ1n) is 4.75. The van der Waals surface area contributed by atoms with Crippen molar-refractivity contribution < 1.29 is 32.5 Å². The highest BCUT2D eigenvalue weighted by molar-refractivity contribution is 5.73. The molecule has 1 aromatic heterocycles. The zero-order valence-corrected chi connectivity index (χ0v) is 9.54. The maximum Gasteiger partial charge on any atom is 0.574 e. The van der Waals surface area contributed by atoms with Crippen molar-refractivity contribution in [1.29, 1.82) is 0 Å². The van der Waals surface area contributed by atoms with E-state index in [-0.39, 0.29) is 17.7 Å². The fraction of sp³-hybridized carbons (Fsp3) is 0.400. The Morgan fingerprint density at radius 3 is 2.61 bits per heavy atom. The van der Waals surface area contributed by atoms with Gasteiger partial charge in [-0.05, 0) is 13.0 Å². The number of carbonyl (C=O) groups excluding carboxylic acids is 1. The molecule has 0 saturated carbocycles. The summed E-state index contributed by atoms with van der Waals surface area (Å²) in [5, 5.41) is 9.53. The number of halogens is 3. The molecule has 0 aromatic carbocycles. The third kappa shape index (κ3) is 3.79. The molecule has 0 bridgehead atoms. The zero-order valence-electron chi connectivity index (χ0n) is 9.54. The number of aromatic nitrogens is 1. The molecule has 0 saturated heterocycles. The van der Waals surface area contributed by atoms with E-state index in [1.54, 1.807) is 0 Å². The average molecular weight is 265 g/mol. The van der Waals surface area contributed by atoms with Gasteiger partial charge in [-0.15, -0.1) is 13.2 Å². The van der Waals surface area contributed by atoms with Crippen LogP contribution in [0.5, 0.6) is 11.6 Å². The van der Waals surface area contributed by atoms with E-state index in [2.05, 4.69) is 14.5 Å². The summed E-state index contributed by atoms with van der Waals surface area (Å²) < 4.78 is 44.1. The molecule has 0 aliphatic heterocycles. The summed E-state index contributed by atoms with van der Waals surface area (Å²) in [6.45, 7) is 1.41. The molecule has 1 N–H and O–H groups in total. The Morgan fingerprint density at radius 2 is 2.11 bits per heavy atom. The van der Waals surface area contributed by atoms with Crippen molar-refractivity contribution in [2.24, 2.45) is 0 Å².